The van der Waals surface area contributed by atoms with Gasteiger partial charge in [-0.25, -0.2) is 4.39 Å². The molecule has 2 atom stereocenters. The number of carbonyl (C=O) groups is 1. The first-order chi connectivity index (χ1) is 13.3. The molecule has 0 aromatic heterocycles. The quantitative estimate of drug-likeness (QED) is 0.676. The molecule has 0 saturated carbocycles. The van der Waals surface area contributed by atoms with E-state index in [-0.39, 0.29) is 30.5 Å². The number of carbonyl (C=O) groups excluding carboxylic acids is 1. The predicted octanol–water partition coefficient (Wildman–Crippen LogP) is 4.47. The van der Waals surface area contributed by atoms with Crippen LogP contribution in [0.15, 0.2) is 46.9 Å². The van der Waals surface area contributed by atoms with Crippen molar-refractivity contribution < 1.29 is 13.9 Å². The first kappa shape index (κ1) is 21.0. The number of morpholine rings is 1. The third-order valence-electron chi connectivity index (χ3n) is 4.86. The minimum atomic E-state index is -0.313. The van der Waals surface area contributed by atoms with Gasteiger partial charge in [0, 0.05) is 48.8 Å². The highest BCUT2D eigenvalue weighted by Gasteiger charge is 2.22. The van der Waals surface area contributed by atoms with Crippen LogP contribution in [0.1, 0.15) is 35.3 Å². The lowest BCUT2D eigenvalue weighted by molar-refractivity contribution is -0.0704. The van der Waals surface area contributed by atoms with Gasteiger partial charge in [-0.3, -0.25) is 9.69 Å². The first-order valence-electron chi connectivity index (χ1n) is 9.48. The van der Waals surface area contributed by atoms with Crippen molar-refractivity contribution in [3.8, 4) is 0 Å². The predicted molar refractivity (Wildman–Crippen MR) is 112 cm³/mol. The van der Waals surface area contributed by atoms with Gasteiger partial charge in [0.05, 0.1) is 12.2 Å². The van der Waals surface area contributed by atoms with Gasteiger partial charge in [-0.2, -0.15) is 0 Å². The maximum Gasteiger partial charge on any atom is 0.253 e. The van der Waals surface area contributed by atoms with Crippen molar-refractivity contribution >= 4 is 21.8 Å². The second-order valence-corrected chi connectivity index (χ2v) is 8.46. The second kappa shape index (κ2) is 9.16. The summed E-state index contributed by atoms with van der Waals surface area (Å²) in [4.78, 5) is 16.6. The molecule has 28 heavy (non-hydrogen) atoms. The molecule has 150 valence electrons. The molecule has 6 heteroatoms. The fraction of sp³-hybridized carbons (Fsp3) is 0.409. The summed E-state index contributed by atoms with van der Waals surface area (Å²) < 4.78 is 20.5. The third-order valence-corrected chi connectivity index (χ3v) is 5.36. The van der Waals surface area contributed by atoms with Crippen LogP contribution < -0.4 is 0 Å². The molecule has 0 radical (unpaired) electrons. The molecule has 1 saturated heterocycles. The highest BCUT2D eigenvalue weighted by molar-refractivity contribution is 9.10. The van der Waals surface area contributed by atoms with Crippen LogP contribution in [-0.2, 0) is 17.8 Å². The van der Waals surface area contributed by atoms with Gasteiger partial charge in [0.2, 0.25) is 0 Å². The molecule has 4 nitrogen and oxygen atoms in total. The zero-order valence-corrected chi connectivity index (χ0v) is 18.1. The largest absolute Gasteiger partial charge is 0.373 e. The van der Waals surface area contributed by atoms with E-state index in [2.05, 4.69) is 34.7 Å². The van der Waals surface area contributed by atoms with Crippen LogP contribution in [0, 0.1) is 5.82 Å². The van der Waals surface area contributed by atoms with Gasteiger partial charge in [0.25, 0.3) is 5.91 Å². The number of nitrogens with zero attached hydrogens (tertiary/aromatic N) is 2. The minimum Gasteiger partial charge on any atom is -0.373 e. The Hall–Kier alpha value is -1.76. The molecule has 1 amide bonds. The summed E-state index contributed by atoms with van der Waals surface area (Å²) in [6, 6.07) is 12.4. The average Bonchev–Trinajstić information content (AvgIpc) is 2.64. The van der Waals surface area contributed by atoms with Crippen LogP contribution >= 0.6 is 15.9 Å². The van der Waals surface area contributed by atoms with E-state index in [1.54, 1.807) is 19.2 Å². The maximum absolute atomic E-state index is 14.0. The van der Waals surface area contributed by atoms with E-state index in [1.165, 1.54) is 16.5 Å². The Kier molecular flexibility index (Phi) is 6.86. The zero-order chi connectivity index (χ0) is 20.3. The summed E-state index contributed by atoms with van der Waals surface area (Å²) >= 11 is 3.34. The number of hydrogen-bond acceptors (Lipinski definition) is 3. The standard InChI is InChI=1S/C22H26BrFN2O2/c1-15-11-26(12-16(2)28-15)13-17-4-6-18(7-5-17)22(27)25(3)14-19-10-20(23)8-9-21(19)24/h4-10,15-16H,11-14H2,1-3H3. The summed E-state index contributed by atoms with van der Waals surface area (Å²) in [6.07, 6.45) is 0.466. The highest BCUT2D eigenvalue weighted by Crippen LogP contribution is 2.19. The number of rotatable bonds is 5. The molecule has 2 aromatic rings. The molecule has 0 spiro atoms. The molecular formula is C22H26BrFN2O2. The lowest BCUT2D eigenvalue weighted by atomic mass is 10.1. The SMILES string of the molecule is CC1CN(Cc2ccc(C(=O)N(C)Cc3cc(Br)ccc3F)cc2)CC(C)O1. The molecule has 1 aliphatic rings. The van der Waals surface area contributed by atoms with Crippen molar-refractivity contribution in [2.45, 2.75) is 39.1 Å². The zero-order valence-electron chi connectivity index (χ0n) is 16.5. The minimum absolute atomic E-state index is 0.125. The van der Waals surface area contributed by atoms with Crippen LogP contribution in [-0.4, -0.2) is 48.1 Å². The van der Waals surface area contributed by atoms with Crippen molar-refractivity contribution in [2.24, 2.45) is 0 Å². The Labute approximate surface area is 174 Å². The average molecular weight is 449 g/mol. The van der Waals surface area contributed by atoms with Gasteiger partial charge in [0.1, 0.15) is 5.82 Å². The van der Waals surface area contributed by atoms with Gasteiger partial charge < -0.3 is 9.64 Å². The first-order valence-corrected chi connectivity index (χ1v) is 10.3. The van der Waals surface area contributed by atoms with Crippen LogP contribution in [0.2, 0.25) is 0 Å². The molecule has 2 unspecified atom stereocenters. The molecule has 3 rings (SSSR count). The number of amides is 1. The Morgan fingerprint density at radius 2 is 1.82 bits per heavy atom. The van der Waals surface area contributed by atoms with Crippen LogP contribution in [0.3, 0.4) is 0 Å². The van der Waals surface area contributed by atoms with Gasteiger partial charge in [-0.1, -0.05) is 28.1 Å². The third kappa shape index (κ3) is 5.40. The van der Waals surface area contributed by atoms with Gasteiger partial charge >= 0.3 is 0 Å². The summed E-state index contributed by atoms with van der Waals surface area (Å²) in [5.41, 5.74) is 2.25. The molecule has 1 fully saturated rings. The van der Waals surface area contributed by atoms with E-state index in [4.69, 9.17) is 4.74 Å². The fourth-order valence-electron chi connectivity index (χ4n) is 3.64. The van der Waals surface area contributed by atoms with Crippen LogP contribution in [0.5, 0.6) is 0 Å². The Balaban J connectivity index is 1.62. The molecule has 1 heterocycles. The Morgan fingerprint density at radius 3 is 2.46 bits per heavy atom. The summed E-state index contributed by atoms with van der Waals surface area (Å²) in [7, 11) is 1.69. The van der Waals surface area contributed by atoms with Crippen molar-refractivity contribution in [1.29, 1.82) is 0 Å². The van der Waals surface area contributed by atoms with E-state index >= 15 is 0 Å². The van der Waals surface area contributed by atoms with Gasteiger partial charge in [-0.15, -0.1) is 0 Å². The van der Waals surface area contributed by atoms with Crippen molar-refractivity contribution in [2.75, 3.05) is 20.1 Å². The van der Waals surface area contributed by atoms with E-state index in [1.807, 2.05) is 24.3 Å². The second-order valence-electron chi connectivity index (χ2n) is 7.55. The van der Waals surface area contributed by atoms with Crippen molar-refractivity contribution in [1.82, 2.24) is 9.80 Å². The van der Waals surface area contributed by atoms with Crippen LogP contribution in [0.25, 0.3) is 0 Å². The topological polar surface area (TPSA) is 32.8 Å². The Bertz CT molecular complexity index is 818. The summed E-state index contributed by atoms with van der Waals surface area (Å²) in [6.45, 7) is 7.06. The van der Waals surface area contributed by atoms with E-state index in [0.717, 1.165) is 24.1 Å². The van der Waals surface area contributed by atoms with Gasteiger partial charge in [-0.05, 0) is 49.7 Å². The van der Waals surface area contributed by atoms with Crippen molar-refractivity contribution in [3.63, 3.8) is 0 Å². The summed E-state index contributed by atoms with van der Waals surface area (Å²) in [5.74, 6) is -0.438. The van der Waals surface area contributed by atoms with E-state index < -0.39 is 0 Å². The van der Waals surface area contributed by atoms with E-state index in [0.29, 0.717) is 11.1 Å². The number of benzene rings is 2. The molecule has 2 aromatic carbocycles. The van der Waals surface area contributed by atoms with Gasteiger partial charge in [0.15, 0.2) is 0 Å². The lowest BCUT2D eigenvalue weighted by Crippen LogP contribution is -2.44. The Morgan fingerprint density at radius 1 is 1.18 bits per heavy atom. The maximum atomic E-state index is 14.0. The highest BCUT2D eigenvalue weighted by atomic mass is 79.9. The number of ether oxygens (including phenoxy) is 1. The molecule has 0 N–H and O–H groups in total. The number of hydrogen-bond donors (Lipinski definition) is 0. The lowest BCUT2D eigenvalue weighted by Gasteiger charge is -2.35. The smallest absolute Gasteiger partial charge is 0.253 e. The normalized spacial score (nSPS) is 20.2. The van der Waals surface area contributed by atoms with Crippen LogP contribution in [0.4, 0.5) is 4.39 Å². The monoisotopic (exact) mass is 448 g/mol. The van der Waals surface area contributed by atoms with E-state index in [9.17, 15) is 9.18 Å². The molecule has 1 aliphatic heterocycles. The molecule has 0 aliphatic carbocycles. The molecular weight excluding hydrogens is 423 g/mol. The number of halogens is 2. The summed E-state index contributed by atoms with van der Waals surface area (Å²) in [5, 5.41) is 0. The fourth-order valence-corrected chi connectivity index (χ4v) is 4.05. The molecule has 0 bridgehead atoms. The van der Waals surface area contributed by atoms with Crippen molar-refractivity contribution in [3.05, 3.63) is 69.4 Å².